The summed E-state index contributed by atoms with van der Waals surface area (Å²) in [7, 11) is 1.50. The lowest BCUT2D eigenvalue weighted by Gasteiger charge is -1.99. The van der Waals surface area contributed by atoms with Gasteiger partial charge >= 0.3 is 5.97 Å². The van der Waals surface area contributed by atoms with Gasteiger partial charge in [0.2, 0.25) is 5.76 Å². The molecule has 1 rings (SSSR count). The lowest BCUT2D eigenvalue weighted by atomic mass is 10.3. The number of hydrogen-bond acceptors (Lipinski definition) is 4. The molecule has 1 N–H and O–H groups in total. The van der Waals surface area contributed by atoms with Crippen LogP contribution in [0.5, 0.6) is 0 Å². The molecule has 0 fully saturated rings. The summed E-state index contributed by atoms with van der Waals surface area (Å²) in [4.78, 5) is 10.5. The molecule has 0 aliphatic heterocycles. The number of nitrogens with zero attached hydrogens (tertiary/aromatic N) is 1. The predicted molar refractivity (Wildman–Crippen MR) is 48.7 cm³/mol. The zero-order valence-corrected chi connectivity index (χ0v) is 7.98. The van der Waals surface area contributed by atoms with E-state index in [-0.39, 0.29) is 5.76 Å². The Morgan fingerprint density at radius 2 is 2.50 bits per heavy atom. The van der Waals surface area contributed by atoms with E-state index in [4.69, 9.17) is 9.84 Å². The molecule has 0 aliphatic rings. The Kier molecular flexibility index (Phi) is 3.28. The van der Waals surface area contributed by atoms with Crippen molar-refractivity contribution in [1.29, 1.82) is 0 Å². The zero-order valence-electron chi connectivity index (χ0n) is 7.98. The summed E-state index contributed by atoms with van der Waals surface area (Å²) in [5.41, 5.74) is 0.395. The number of allylic oxidation sites excluding steroid dienone is 1. The van der Waals surface area contributed by atoms with Crippen molar-refractivity contribution in [2.24, 2.45) is 0 Å². The van der Waals surface area contributed by atoms with Gasteiger partial charge in [0.05, 0.1) is 7.11 Å². The average molecular weight is 197 g/mol. The predicted octanol–water partition coefficient (Wildman–Crippen LogP) is 1.77. The minimum atomic E-state index is -1.14. The van der Waals surface area contributed by atoms with Crippen LogP contribution in [0, 0.1) is 0 Å². The van der Waals surface area contributed by atoms with Crippen molar-refractivity contribution in [2.75, 3.05) is 7.11 Å². The summed E-state index contributed by atoms with van der Waals surface area (Å²) < 4.78 is 9.60. The molecule has 0 amide bonds. The van der Waals surface area contributed by atoms with Gasteiger partial charge in [0.25, 0.3) is 0 Å². The fourth-order valence-electron chi connectivity index (χ4n) is 0.970. The number of rotatable bonds is 4. The first-order chi connectivity index (χ1) is 6.69. The van der Waals surface area contributed by atoms with Crippen LogP contribution in [0.25, 0.3) is 5.76 Å². The van der Waals surface area contributed by atoms with Crippen LogP contribution in [-0.4, -0.2) is 23.3 Å². The Bertz CT molecular complexity index is 353. The lowest BCUT2D eigenvalue weighted by Crippen LogP contribution is -1.92. The Labute approximate surface area is 81.0 Å². The number of carboxylic acids is 1. The van der Waals surface area contributed by atoms with Gasteiger partial charge in [-0.1, -0.05) is 12.1 Å². The van der Waals surface area contributed by atoms with Gasteiger partial charge < -0.3 is 14.4 Å². The third-order valence-corrected chi connectivity index (χ3v) is 1.58. The smallest absolute Gasteiger partial charge is 0.374 e. The molecule has 1 aromatic rings. The Hall–Kier alpha value is -1.78. The molecule has 0 aromatic carbocycles. The van der Waals surface area contributed by atoms with E-state index in [2.05, 4.69) is 9.68 Å². The lowest BCUT2D eigenvalue weighted by molar-refractivity contribution is 0.0652. The van der Waals surface area contributed by atoms with Crippen LogP contribution in [0.1, 0.15) is 29.6 Å². The molecule has 0 saturated carbocycles. The minimum absolute atomic E-state index is 0.195. The summed E-state index contributed by atoms with van der Waals surface area (Å²) in [6.45, 7) is 1.94. The molecular weight excluding hydrogens is 186 g/mol. The quantitative estimate of drug-likeness (QED) is 0.744. The summed E-state index contributed by atoms with van der Waals surface area (Å²) in [5.74, 6) is -0.821. The molecule has 0 saturated heterocycles. The second kappa shape index (κ2) is 4.45. The number of hydrogen-bond donors (Lipinski definition) is 1. The highest BCUT2D eigenvalue weighted by molar-refractivity contribution is 5.85. The van der Waals surface area contributed by atoms with Gasteiger partial charge in [-0.25, -0.2) is 4.79 Å². The van der Waals surface area contributed by atoms with Crippen LogP contribution >= 0.6 is 0 Å². The topological polar surface area (TPSA) is 72.6 Å². The highest BCUT2D eigenvalue weighted by Crippen LogP contribution is 2.15. The van der Waals surface area contributed by atoms with Gasteiger partial charge in [-0.05, 0) is 12.5 Å². The molecule has 0 unspecified atom stereocenters. The average Bonchev–Trinajstić information content (AvgIpc) is 2.63. The maximum atomic E-state index is 10.5. The highest BCUT2D eigenvalue weighted by Gasteiger charge is 2.13. The van der Waals surface area contributed by atoms with Gasteiger partial charge in [0, 0.05) is 6.07 Å². The highest BCUT2D eigenvalue weighted by atomic mass is 16.5. The Morgan fingerprint density at radius 3 is 2.93 bits per heavy atom. The largest absolute Gasteiger partial charge is 0.495 e. The SMILES string of the molecule is CC/C=C(\OC)c1cc(C(=O)O)on1. The monoisotopic (exact) mass is 197 g/mol. The molecule has 0 bridgehead atoms. The third-order valence-electron chi connectivity index (χ3n) is 1.58. The molecule has 5 nitrogen and oxygen atoms in total. The second-order valence-electron chi connectivity index (χ2n) is 2.56. The van der Waals surface area contributed by atoms with Crippen molar-refractivity contribution >= 4 is 11.7 Å². The van der Waals surface area contributed by atoms with Crippen LogP contribution < -0.4 is 0 Å². The maximum absolute atomic E-state index is 10.5. The van der Waals surface area contributed by atoms with Crippen molar-refractivity contribution in [2.45, 2.75) is 13.3 Å². The van der Waals surface area contributed by atoms with Gasteiger partial charge in [-0.3, -0.25) is 0 Å². The molecule has 1 heterocycles. The number of methoxy groups -OCH3 is 1. The van der Waals surface area contributed by atoms with E-state index < -0.39 is 5.97 Å². The van der Waals surface area contributed by atoms with Crippen molar-refractivity contribution in [3.63, 3.8) is 0 Å². The standard InChI is InChI=1S/C9H11NO4/c1-3-4-7(13-2)6-5-8(9(11)12)14-10-6/h4-5H,3H2,1-2H3,(H,11,12)/b7-4-. The summed E-state index contributed by atoms with van der Waals surface area (Å²) in [5, 5.41) is 12.2. The van der Waals surface area contributed by atoms with Crippen LogP contribution in [-0.2, 0) is 4.74 Å². The van der Waals surface area contributed by atoms with E-state index >= 15 is 0 Å². The number of carbonyl (C=O) groups is 1. The summed E-state index contributed by atoms with van der Waals surface area (Å²) in [6.07, 6.45) is 2.57. The fraction of sp³-hybridized carbons (Fsp3) is 0.333. The maximum Gasteiger partial charge on any atom is 0.374 e. The molecule has 76 valence electrons. The van der Waals surface area contributed by atoms with E-state index in [0.717, 1.165) is 6.42 Å². The second-order valence-corrected chi connectivity index (χ2v) is 2.56. The molecular formula is C9H11NO4. The summed E-state index contributed by atoms with van der Waals surface area (Å²) >= 11 is 0. The van der Waals surface area contributed by atoms with Crippen LogP contribution in [0.2, 0.25) is 0 Å². The van der Waals surface area contributed by atoms with Crippen molar-refractivity contribution < 1.29 is 19.2 Å². The molecule has 5 heteroatoms. The van der Waals surface area contributed by atoms with Gasteiger partial charge in [0.15, 0.2) is 0 Å². The van der Waals surface area contributed by atoms with E-state index in [0.29, 0.717) is 11.5 Å². The number of carboxylic acid groups (broad SMARTS) is 1. The van der Waals surface area contributed by atoms with E-state index in [1.165, 1.54) is 13.2 Å². The normalized spacial score (nSPS) is 11.4. The third kappa shape index (κ3) is 2.12. The molecule has 0 radical (unpaired) electrons. The van der Waals surface area contributed by atoms with Gasteiger partial charge in [-0.15, -0.1) is 0 Å². The summed E-state index contributed by atoms with van der Waals surface area (Å²) in [6, 6.07) is 1.33. The van der Waals surface area contributed by atoms with Gasteiger partial charge in [0.1, 0.15) is 11.5 Å². The van der Waals surface area contributed by atoms with Crippen LogP contribution in [0.3, 0.4) is 0 Å². The number of ether oxygens (including phenoxy) is 1. The van der Waals surface area contributed by atoms with Gasteiger partial charge in [-0.2, -0.15) is 0 Å². The zero-order chi connectivity index (χ0) is 10.6. The minimum Gasteiger partial charge on any atom is -0.495 e. The Morgan fingerprint density at radius 1 is 1.79 bits per heavy atom. The molecule has 0 aliphatic carbocycles. The molecule has 1 aromatic heterocycles. The molecule has 0 spiro atoms. The Balaban J connectivity index is 2.95. The van der Waals surface area contributed by atoms with E-state index in [1.807, 2.05) is 6.92 Å². The van der Waals surface area contributed by atoms with Crippen molar-refractivity contribution in [3.05, 3.63) is 23.6 Å². The molecule has 14 heavy (non-hydrogen) atoms. The first-order valence-electron chi connectivity index (χ1n) is 4.13. The van der Waals surface area contributed by atoms with E-state index in [9.17, 15) is 4.79 Å². The fourth-order valence-corrected chi connectivity index (χ4v) is 0.970. The van der Waals surface area contributed by atoms with E-state index in [1.54, 1.807) is 6.08 Å². The molecule has 0 atom stereocenters. The first kappa shape index (κ1) is 10.3. The van der Waals surface area contributed by atoms with Crippen LogP contribution in [0.4, 0.5) is 0 Å². The number of aromatic carboxylic acids is 1. The van der Waals surface area contributed by atoms with Crippen molar-refractivity contribution in [3.8, 4) is 0 Å². The van der Waals surface area contributed by atoms with Crippen molar-refractivity contribution in [1.82, 2.24) is 5.16 Å². The number of aromatic nitrogens is 1. The first-order valence-corrected chi connectivity index (χ1v) is 4.13. The van der Waals surface area contributed by atoms with Crippen LogP contribution in [0.15, 0.2) is 16.7 Å².